The Bertz CT molecular complexity index is 560. The summed E-state index contributed by atoms with van der Waals surface area (Å²) in [4.78, 5) is 26.7. The van der Waals surface area contributed by atoms with Gasteiger partial charge >= 0.3 is 0 Å². The molecule has 2 amide bonds. The topological polar surface area (TPSA) is 49.4 Å². The van der Waals surface area contributed by atoms with E-state index in [1.54, 1.807) is 0 Å². The summed E-state index contributed by atoms with van der Waals surface area (Å²) in [6, 6.07) is 7.76. The third-order valence-corrected chi connectivity index (χ3v) is 4.12. The molecule has 0 unspecified atom stereocenters. The van der Waals surface area contributed by atoms with Gasteiger partial charge in [0.05, 0.1) is 5.92 Å². The van der Waals surface area contributed by atoms with Gasteiger partial charge in [0.25, 0.3) is 0 Å². The van der Waals surface area contributed by atoms with Gasteiger partial charge < -0.3 is 10.2 Å². The summed E-state index contributed by atoms with van der Waals surface area (Å²) in [6.45, 7) is 9.02. The lowest BCUT2D eigenvalue weighted by Crippen LogP contribution is -2.47. The van der Waals surface area contributed by atoms with Gasteiger partial charge in [-0.25, -0.2) is 0 Å². The van der Waals surface area contributed by atoms with E-state index in [0.29, 0.717) is 6.54 Å². The minimum Gasteiger partial charge on any atom is -0.341 e. The quantitative estimate of drug-likeness (QED) is 0.912. The molecule has 1 N–H and O–H groups in total. The third-order valence-electron chi connectivity index (χ3n) is 4.12. The number of nitrogens with zero attached hydrogens (tertiary/aromatic N) is 1. The fourth-order valence-corrected chi connectivity index (χ4v) is 2.80. The number of carbonyl (C=O) groups is 2. The van der Waals surface area contributed by atoms with E-state index < -0.39 is 5.41 Å². The molecule has 1 aromatic rings. The number of benzene rings is 1. The lowest BCUT2D eigenvalue weighted by molar-refractivity contribution is -0.142. The summed E-state index contributed by atoms with van der Waals surface area (Å²) in [5.74, 6) is 0.0151. The number of hydrogen-bond donors (Lipinski definition) is 1. The molecular formula is C18H26N2O2. The maximum absolute atomic E-state index is 12.5. The van der Waals surface area contributed by atoms with Crippen LogP contribution in [0.2, 0.25) is 0 Å². The number of para-hydroxylation sites is 1. The van der Waals surface area contributed by atoms with E-state index in [0.717, 1.165) is 30.6 Å². The highest BCUT2D eigenvalue weighted by Crippen LogP contribution is 2.24. The zero-order valence-corrected chi connectivity index (χ0v) is 14.0. The molecular weight excluding hydrogens is 276 g/mol. The molecule has 22 heavy (non-hydrogen) atoms. The van der Waals surface area contributed by atoms with E-state index in [1.807, 2.05) is 56.9 Å². The van der Waals surface area contributed by atoms with Crippen molar-refractivity contribution in [2.45, 2.75) is 40.5 Å². The largest absolute Gasteiger partial charge is 0.341 e. The van der Waals surface area contributed by atoms with Crippen molar-refractivity contribution in [1.82, 2.24) is 4.90 Å². The average molecular weight is 302 g/mol. The molecule has 4 heteroatoms. The van der Waals surface area contributed by atoms with E-state index in [2.05, 4.69) is 5.32 Å². The Morgan fingerprint density at radius 2 is 1.91 bits per heavy atom. The summed E-state index contributed by atoms with van der Waals surface area (Å²) in [6.07, 6.45) is 1.72. The van der Waals surface area contributed by atoms with Crippen LogP contribution in [0, 0.1) is 18.3 Å². The molecule has 0 saturated carbocycles. The fraction of sp³-hybridized carbons (Fsp3) is 0.556. The van der Waals surface area contributed by atoms with Crippen LogP contribution in [0.4, 0.5) is 5.69 Å². The molecule has 1 aliphatic heterocycles. The van der Waals surface area contributed by atoms with Crippen LogP contribution in [0.3, 0.4) is 0 Å². The van der Waals surface area contributed by atoms with Crippen molar-refractivity contribution in [3.05, 3.63) is 29.8 Å². The monoisotopic (exact) mass is 302 g/mol. The van der Waals surface area contributed by atoms with Gasteiger partial charge in [-0.05, 0) is 31.4 Å². The molecule has 2 rings (SSSR count). The first-order valence-electron chi connectivity index (χ1n) is 7.95. The summed E-state index contributed by atoms with van der Waals surface area (Å²) >= 11 is 0. The first-order valence-corrected chi connectivity index (χ1v) is 7.95. The molecule has 0 aromatic heterocycles. The van der Waals surface area contributed by atoms with Gasteiger partial charge in [0.15, 0.2) is 0 Å². The van der Waals surface area contributed by atoms with Crippen molar-refractivity contribution in [2.75, 3.05) is 18.4 Å². The van der Waals surface area contributed by atoms with Gasteiger partial charge in [0, 0.05) is 24.2 Å². The summed E-state index contributed by atoms with van der Waals surface area (Å²) in [5, 5.41) is 3.00. The predicted molar refractivity (Wildman–Crippen MR) is 88.6 cm³/mol. The number of carbonyl (C=O) groups excluding carboxylic acids is 2. The van der Waals surface area contributed by atoms with Crippen LogP contribution in [-0.2, 0) is 9.59 Å². The number of nitrogens with one attached hydrogen (secondary N) is 1. The maximum Gasteiger partial charge on any atom is 0.229 e. The van der Waals surface area contributed by atoms with Crippen LogP contribution in [0.15, 0.2) is 24.3 Å². The van der Waals surface area contributed by atoms with Crippen molar-refractivity contribution in [1.29, 1.82) is 0 Å². The van der Waals surface area contributed by atoms with Gasteiger partial charge in [-0.3, -0.25) is 9.59 Å². The van der Waals surface area contributed by atoms with Gasteiger partial charge in [0.2, 0.25) is 11.8 Å². The fourth-order valence-electron chi connectivity index (χ4n) is 2.80. The summed E-state index contributed by atoms with van der Waals surface area (Å²) in [7, 11) is 0. The van der Waals surface area contributed by atoms with E-state index in [4.69, 9.17) is 0 Å². The van der Waals surface area contributed by atoms with Crippen LogP contribution in [0.5, 0.6) is 0 Å². The van der Waals surface area contributed by atoms with Crippen LogP contribution in [0.1, 0.15) is 39.2 Å². The highest BCUT2D eigenvalue weighted by atomic mass is 16.2. The Morgan fingerprint density at radius 1 is 1.23 bits per heavy atom. The Morgan fingerprint density at radius 3 is 2.55 bits per heavy atom. The zero-order chi connectivity index (χ0) is 16.3. The van der Waals surface area contributed by atoms with Gasteiger partial charge in [-0.15, -0.1) is 0 Å². The minimum atomic E-state index is -0.394. The highest BCUT2D eigenvalue weighted by Gasteiger charge is 2.33. The number of piperidine rings is 1. The van der Waals surface area contributed by atoms with Gasteiger partial charge in [-0.2, -0.15) is 0 Å². The Balaban J connectivity index is 2.02. The first-order chi connectivity index (χ1) is 10.3. The molecule has 1 heterocycles. The molecule has 0 spiro atoms. The molecule has 4 nitrogen and oxygen atoms in total. The summed E-state index contributed by atoms with van der Waals surface area (Å²) in [5.41, 5.74) is 1.51. The molecule has 0 radical (unpaired) electrons. The maximum atomic E-state index is 12.5. The second kappa shape index (κ2) is 6.51. The van der Waals surface area contributed by atoms with E-state index in [1.165, 1.54) is 0 Å². The minimum absolute atomic E-state index is 0.0145. The number of hydrogen-bond acceptors (Lipinski definition) is 2. The number of rotatable bonds is 2. The molecule has 1 fully saturated rings. The standard InChI is InChI=1S/C18H26N2O2/c1-13-8-5-6-10-15(13)19-16(21)14-9-7-11-20(12-14)17(22)18(2,3)4/h5-6,8,10,14H,7,9,11-12H2,1-4H3,(H,19,21)/t14-/m1/s1. The second-order valence-electron chi connectivity index (χ2n) is 7.14. The molecule has 1 aliphatic rings. The van der Waals surface area contributed by atoms with Crippen molar-refractivity contribution in [2.24, 2.45) is 11.3 Å². The van der Waals surface area contributed by atoms with Gasteiger partial charge in [0.1, 0.15) is 0 Å². The van der Waals surface area contributed by atoms with Crippen LogP contribution >= 0.6 is 0 Å². The predicted octanol–water partition coefficient (Wildman–Crippen LogP) is 3.22. The third kappa shape index (κ3) is 3.87. The molecule has 0 aliphatic carbocycles. The van der Waals surface area contributed by atoms with Crippen molar-refractivity contribution in [3.8, 4) is 0 Å². The summed E-state index contributed by atoms with van der Waals surface area (Å²) < 4.78 is 0. The second-order valence-corrected chi connectivity index (χ2v) is 7.14. The van der Waals surface area contributed by atoms with Crippen molar-refractivity contribution in [3.63, 3.8) is 0 Å². The number of anilines is 1. The zero-order valence-electron chi connectivity index (χ0n) is 14.0. The average Bonchev–Trinajstić information content (AvgIpc) is 2.48. The SMILES string of the molecule is Cc1ccccc1NC(=O)[C@@H]1CCCN(C(=O)C(C)(C)C)C1. The molecule has 1 saturated heterocycles. The van der Waals surface area contributed by atoms with Crippen molar-refractivity contribution < 1.29 is 9.59 Å². The van der Waals surface area contributed by atoms with Crippen LogP contribution < -0.4 is 5.32 Å². The molecule has 0 bridgehead atoms. The highest BCUT2D eigenvalue weighted by molar-refractivity contribution is 5.94. The smallest absolute Gasteiger partial charge is 0.229 e. The van der Waals surface area contributed by atoms with E-state index >= 15 is 0 Å². The lowest BCUT2D eigenvalue weighted by Gasteiger charge is -2.36. The van der Waals surface area contributed by atoms with E-state index in [-0.39, 0.29) is 17.7 Å². The van der Waals surface area contributed by atoms with Crippen LogP contribution in [0.25, 0.3) is 0 Å². The Labute approximate surface area is 132 Å². The first kappa shape index (κ1) is 16.5. The Hall–Kier alpha value is -1.84. The van der Waals surface area contributed by atoms with Crippen LogP contribution in [-0.4, -0.2) is 29.8 Å². The number of aryl methyl sites for hydroxylation is 1. The lowest BCUT2D eigenvalue weighted by atomic mass is 9.91. The molecule has 1 atom stereocenters. The molecule has 120 valence electrons. The number of likely N-dealkylation sites (tertiary alicyclic amines) is 1. The van der Waals surface area contributed by atoms with Gasteiger partial charge in [-0.1, -0.05) is 39.0 Å². The van der Waals surface area contributed by atoms with E-state index in [9.17, 15) is 9.59 Å². The molecule has 1 aromatic carbocycles. The normalized spacial score (nSPS) is 18.9. The van der Waals surface area contributed by atoms with Crippen molar-refractivity contribution >= 4 is 17.5 Å². The number of amides is 2. The Kier molecular flexibility index (Phi) is 4.89.